The molecule has 0 fully saturated rings. The van der Waals surface area contributed by atoms with Crippen LogP contribution in [0.3, 0.4) is 0 Å². The topological polar surface area (TPSA) is 0 Å². The van der Waals surface area contributed by atoms with Crippen molar-refractivity contribution in [3.05, 3.63) is 56.7 Å². The number of hydrogen-bond acceptors (Lipinski definition) is 1. The van der Waals surface area contributed by atoms with Crippen LogP contribution in [0, 0.1) is 11.6 Å². The molecule has 2 aromatic rings. The Hall–Kier alpha value is -0.450. The molecule has 0 N–H and O–H groups in total. The van der Waals surface area contributed by atoms with Gasteiger partial charge in [0.05, 0.1) is 9.85 Å². The molecule has 84 valence electrons. The van der Waals surface area contributed by atoms with Crippen LogP contribution in [0.5, 0.6) is 0 Å². The summed E-state index contributed by atoms with van der Waals surface area (Å²) in [5.41, 5.74) is 0.254. The highest BCUT2D eigenvalue weighted by Gasteiger charge is 2.19. The monoisotopic (exact) mass is 322 g/mol. The van der Waals surface area contributed by atoms with Gasteiger partial charge in [-0.1, -0.05) is 27.5 Å². The van der Waals surface area contributed by atoms with Crippen LogP contribution < -0.4 is 0 Å². The molecule has 0 bridgehead atoms. The molecular formula is C11H6BrClF2S. The lowest BCUT2D eigenvalue weighted by molar-refractivity contribution is 0.588. The number of rotatable bonds is 2. The molecule has 0 aliphatic carbocycles. The Labute approximate surface area is 109 Å². The SMILES string of the molecule is Fc1ccc(F)c(C(Br)c2sccc2Cl)c1. The van der Waals surface area contributed by atoms with Crippen molar-refractivity contribution >= 4 is 38.9 Å². The van der Waals surface area contributed by atoms with Crippen LogP contribution in [0.1, 0.15) is 15.3 Å². The van der Waals surface area contributed by atoms with E-state index in [4.69, 9.17) is 11.6 Å². The summed E-state index contributed by atoms with van der Waals surface area (Å²) < 4.78 is 26.5. The lowest BCUT2D eigenvalue weighted by Gasteiger charge is -2.10. The molecule has 1 atom stereocenters. The zero-order valence-corrected chi connectivity index (χ0v) is 11.0. The summed E-state index contributed by atoms with van der Waals surface area (Å²) in [5, 5.41) is 2.36. The van der Waals surface area contributed by atoms with Gasteiger partial charge in [-0.2, -0.15) is 0 Å². The maximum Gasteiger partial charge on any atom is 0.128 e. The van der Waals surface area contributed by atoms with E-state index in [1.54, 1.807) is 6.07 Å². The molecule has 0 amide bonds. The fraction of sp³-hybridized carbons (Fsp3) is 0.0909. The lowest BCUT2D eigenvalue weighted by atomic mass is 10.1. The standard InChI is InChI=1S/C11H6BrClF2S/c12-10(11-8(13)3-4-16-11)7-5-6(14)1-2-9(7)15/h1-5,10H. The highest BCUT2D eigenvalue weighted by molar-refractivity contribution is 9.09. The van der Waals surface area contributed by atoms with Gasteiger partial charge in [-0.25, -0.2) is 8.78 Å². The Morgan fingerprint density at radius 3 is 2.62 bits per heavy atom. The third-order valence-electron chi connectivity index (χ3n) is 2.11. The Kier molecular flexibility index (Phi) is 3.62. The van der Waals surface area contributed by atoms with E-state index >= 15 is 0 Å². The quantitative estimate of drug-likeness (QED) is 0.669. The summed E-state index contributed by atoms with van der Waals surface area (Å²) in [6, 6.07) is 5.10. The van der Waals surface area contributed by atoms with Gasteiger partial charge >= 0.3 is 0 Å². The normalized spacial score (nSPS) is 12.8. The van der Waals surface area contributed by atoms with Crippen molar-refractivity contribution in [1.29, 1.82) is 0 Å². The van der Waals surface area contributed by atoms with E-state index in [1.807, 2.05) is 5.38 Å². The zero-order valence-electron chi connectivity index (χ0n) is 7.88. The maximum atomic E-state index is 13.5. The summed E-state index contributed by atoms with van der Waals surface area (Å²) in [7, 11) is 0. The van der Waals surface area contributed by atoms with Gasteiger partial charge < -0.3 is 0 Å². The first-order valence-electron chi connectivity index (χ1n) is 4.41. The second-order valence-corrected chi connectivity index (χ2v) is 5.43. The van der Waals surface area contributed by atoms with Gasteiger partial charge in [0.2, 0.25) is 0 Å². The second-order valence-electron chi connectivity index (χ2n) is 3.16. The van der Waals surface area contributed by atoms with Crippen LogP contribution in [0.15, 0.2) is 29.6 Å². The molecule has 16 heavy (non-hydrogen) atoms. The third-order valence-corrected chi connectivity index (χ3v) is 4.78. The summed E-state index contributed by atoms with van der Waals surface area (Å²) in [6.07, 6.45) is 0. The summed E-state index contributed by atoms with van der Waals surface area (Å²) in [6.45, 7) is 0. The lowest BCUT2D eigenvalue weighted by Crippen LogP contribution is -1.96. The van der Waals surface area contributed by atoms with E-state index in [1.165, 1.54) is 17.4 Å². The largest absolute Gasteiger partial charge is 0.207 e. The molecule has 5 heteroatoms. The third kappa shape index (κ3) is 2.29. The molecule has 0 saturated heterocycles. The highest BCUT2D eigenvalue weighted by Crippen LogP contribution is 2.39. The van der Waals surface area contributed by atoms with Crippen LogP contribution in [-0.2, 0) is 0 Å². The molecule has 1 unspecified atom stereocenters. The Bertz CT molecular complexity index is 512. The zero-order chi connectivity index (χ0) is 11.7. The molecular weight excluding hydrogens is 318 g/mol. The predicted molar refractivity (Wildman–Crippen MR) is 66.5 cm³/mol. The first-order valence-corrected chi connectivity index (χ1v) is 6.59. The van der Waals surface area contributed by atoms with E-state index in [9.17, 15) is 8.78 Å². The summed E-state index contributed by atoms with van der Waals surface area (Å²) in [5.74, 6) is -0.915. The van der Waals surface area contributed by atoms with Crippen LogP contribution >= 0.6 is 38.9 Å². The minimum atomic E-state index is -0.464. The summed E-state index contributed by atoms with van der Waals surface area (Å²) >= 11 is 10.7. The van der Waals surface area contributed by atoms with Gasteiger partial charge in [0.15, 0.2) is 0 Å². The molecule has 0 nitrogen and oxygen atoms in total. The van der Waals surface area contributed by atoms with Crippen molar-refractivity contribution < 1.29 is 8.78 Å². The van der Waals surface area contributed by atoms with Crippen LogP contribution in [-0.4, -0.2) is 0 Å². The molecule has 2 rings (SSSR count). The van der Waals surface area contributed by atoms with E-state index in [-0.39, 0.29) is 5.56 Å². The van der Waals surface area contributed by atoms with Crippen molar-refractivity contribution in [3.8, 4) is 0 Å². The van der Waals surface area contributed by atoms with E-state index in [2.05, 4.69) is 15.9 Å². The van der Waals surface area contributed by atoms with Gasteiger partial charge in [-0.15, -0.1) is 11.3 Å². The predicted octanol–water partition coefficient (Wildman–Crippen LogP) is 5.16. The fourth-order valence-corrected chi connectivity index (χ4v) is 3.55. The Morgan fingerprint density at radius 1 is 1.25 bits per heavy atom. The number of thiophene rings is 1. The molecule has 1 aromatic heterocycles. The Balaban J connectivity index is 2.45. The van der Waals surface area contributed by atoms with Crippen molar-refractivity contribution in [3.63, 3.8) is 0 Å². The molecule has 0 radical (unpaired) electrons. The average Bonchev–Trinajstić information content (AvgIpc) is 2.67. The van der Waals surface area contributed by atoms with Crippen LogP contribution in [0.25, 0.3) is 0 Å². The van der Waals surface area contributed by atoms with Crippen LogP contribution in [0.4, 0.5) is 8.78 Å². The molecule has 0 spiro atoms. The molecule has 0 aliphatic heterocycles. The van der Waals surface area contributed by atoms with E-state index < -0.39 is 16.5 Å². The highest BCUT2D eigenvalue weighted by atomic mass is 79.9. The van der Waals surface area contributed by atoms with Gasteiger partial charge in [0.1, 0.15) is 11.6 Å². The molecule has 1 heterocycles. The van der Waals surface area contributed by atoms with Crippen molar-refractivity contribution in [2.45, 2.75) is 4.83 Å². The second kappa shape index (κ2) is 4.82. The average molecular weight is 324 g/mol. The van der Waals surface area contributed by atoms with Gasteiger partial charge in [-0.05, 0) is 29.6 Å². The maximum absolute atomic E-state index is 13.5. The number of hydrogen-bond donors (Lipinski definition) is 0. The smallest absolute Gasteiger partial charge is 0.128 e. The van der Waals surface area contributed by atoms with E-state index in [0.717, 1.165) is 17.0 Å². The first kappa shape index (κ1) is 12.0. The summed E-state index contributed by atoms with van der Waals surface area (Å²) in [4.78, 5) is 0.349. The number of benzene rings is 1. The minimum Gasteiger partial charge on any atom is -0.207 e. The molecule has 0 saturated carbocycles. The fourth-order valence-electron chi connectivity index (χ4n) is 1.34. The van der Waals surface area contributed by atoms with Gasteiger partial charge in [0.25, 0.3) is 0 Å². The molecule has 0 aliphatic rings. The van der Waals surface area contributed by atoms with Gasteiger partial charge in [-0.3, -0.25) is 0 Å². The Morgan fingerprint density at radius 2 is 2.00 bits per heavy atom. The molecule has 1 aromatic carbocycles. The number of halogens is 4. The van der Waals surface area contributed by atoms with Crippen molar-refractivity contribution in [2.24, 2.45) is 0 Å². The first-order chi connectivity index (χ1) is 7.59. The minimum absolute atomic E-state index is 0.254. The van der Waals surface area contributed by atoms with Crippen molar-refractivity contribution in [1.82, 2.24) is 0 Å². The van der Waals surface area contributed by atoms with Gasteiger partial charge in [0, 0.05) is 10.4 Å². The number of alkyl halides is 1. The van der Waals surface area contributed by atoms with Crippen molar-refractivity contribution in [2.75, 3.05) is 0 Å². The van der Waals surface area contributed by atoms with Crippen LogP contribution in [0.2, 0.25) is 5.02 Å². The van der Waals surface area contributed by atoms with E-state index in [0.29, 0.717) is 5.02 Å².